The first-order chi connectivity index (χ1) is 9.49. The van der Waals surface area contributed by atoms with E-state index in [9.17, 15) is 13.2 Å². The molecule has 20 heavy (non-hydrogen) atoms. The van der Waals surface area contributed by atoms with Crippen molar-refractivity contribution in [2.45, 2.75) is 19.4 Å². The standard InChI is InChI=1S/C13H11F3N2O2/c14-13(15,16)11-6-10(7-19)17-12(18-11)20-8-9-4-2-1-3-5-9/h1-6,19H,7-8H2. The lowest BCUT2D eigenvalue weighted by molar-refractivity contribution is -0.141. The van der Waals surface area contributed by atoms with Crippen LogP contribution in [0.3, 0.4) is 0 Å². The van der Waals surface area contributed by atoms with Crippen molar-refractivity contribution in [2.75, 3.05) is 0 Å². The topological polar surface area (TPSA) is 55.2 Å². The van der Waals surface area contributed by atoms with Crippen molar-refractivity contribution in [3.05, 3.63) is 53.3 Å². The highest BCUT2D eigenvalue weighted by Crippen LogP contribution is 2.29. The third kappa shape index (κ3) is 3.67. The molecule has 2 rings (SSSR count). The summed E-state index contributed by atoms with van der Waals surface area (Å²) in [4.78, 5) is 7.00. The number of benzene rings is 1. The predicted octanol–water partition coefficient (Wildman–Crippen LogP) is 2.57. The van der Waals surface area contributed by atoms with Gasteiger partial charge >= 0.3 is 12.2 Å². The second-order valence-corrected chi connectivity index (χ2v) is 3.96. The second-order valence-electron chi connectivity index (χ2n) is 3.96. The minimum atomic E-state index is -4.61. The van der Waals surface area contributed by atoms with Crippen molar-refractivity contribution in [1.29, 1.82) is 0 Å². The van der Waals surface area contributed by atoms with E-state index in [4.69, 9.17) is 9.84 Å². The molecule has 0 aliphatic heterocycles. The van der Waals surface area contributed by atoms with Gasteiger partial charge in [-0.25, -0.2) is 0 Å². The highest BCUT2D eigenvalue weighted by molar-refractivity contribution is 5.17. The van der Waals surface area contributed by atoms with Crippen molar-refractivity contribution >= 4 is 0 Å². The lowest BCUT2D eigenvalue weighted by atomic mass is 10.2. The van der Waals surface area contributed by atoms with Gasteiger partial charge in [-0.15, -0.1) is 0 Å². The molecule has 0 spiro atoms. The third-order valence-electron chi connectivity index (χ3n) is 2.42. The molecule has 0 fully saturated rings. The fraction of sp³-hybridized carbons (Fsp3) is 0.231. The van der Waals surface area contributed by atoms with Gasteiger partial charge in [-0.1, -0.05) is 30.3 Å². The Bertz CT molecular complexity index is 574. The molecule has 106 valence electrons. The highest BCUT2D eigenvalue weighted by Gasteiger charge is 2.33. The Kier molecular flexibility index (Phi) is 4.19. The maximum Gasteiger partial charge on any atom is 0.433 e. The molecular weight excluding hydrogens is 273 g/mol. The maximum atomic E-state index is 12.6. The highest BCUT2D eigenvalue weighted by atomic mass is 19.4. The first-order valence-electron chi connectivity index (χ1n) is 5.72. The Balaban J connectivity index is 2.19. The number of rotatable bonds is 4. The van der Waals surface area contributed by atoms with Crippen LogP contribution in [0.5, 0.6) is 6.01 Å². The van der Waals surface area contributed by atoms with E-state index in [0.29, 0.717) is 6.07 Å². The zero-order chi connectivity index (χ0) is 14.6. The first-order valence-corrected chi connectivity index (χ1v) is 5.72. The number of hydrogen-bond acceptors (Lipinski definition) is 4. The third-order valence-corrected chi connectivity index (χ3v) is 2.42. The summed E-state index contributed by atoms with van der Waals surface area (Å²) in [6, 6.07) is 9.19. The smallest absolute Gasteiger partial charge is 0.433 e. The molecule has 2 aromatic rings. The average molecular weight is 284 g/mol. The molecule has 0 aliphatic carbocycles. The van der Waals surface area contributed by atoms with Crippen LogP contribution in [-0.4, -0.2) is 15.1 Å². The van der Waals surface area contributed by atoms with E-state index >= 15 is 0 Å². The van der Waals surface area contributed by atoms with Crippen LogP contribution in [0.15, 0.2) is 36.4 Å². The van der Waals surface area contributed by atoms with Gasteiger partial charge in [0.1, 0.15) is 6.61 Å². The van der Waals surface area contributed by atoms with Crippen LogP contribution in [0.1, 0.15) is 17.0 Å². The molecule has 0 bridgehead atoms. The van der Waals surface area contributed by atoms with E-state index in [2.05, 4.69) is 9.97 Å². The van der Waals surface area contributed by atoms with Gasteiger partial charge in [0.25, 0.3) is 0 Å². The Labute approximate surface area is 112 Å². The molecule has 0 saturated heterocycles. The predicted molar refractivity (Wildman–Crippen MR) is 63.7 cm³/mol. The molecule has 0 radical (unpaired) electrons. The van der Waals surface area contributed by atoms with Crippen molar-refractivity contribution in [3.63, 3.8) is 0 Å². The van der Waals surface area contributed by atoms with Gasteiger partial charge in [0.15, 0.2) is 5.69 Å². The Morgan fingerprint density at radius 2 is 1.80 bits per heavy atom. The lowest BCUT2D eigenvalue weighted by Gasteiger charge is -2.10. The molecule has 1 aromatic carbocycles. The number of nitrogens with zero attached hydrogens (tertiary/aromatic N) is 2. The summed E-state index contributed by atoms with van der Waals surface area (Å²) in [6.07, 6.45) is -4.61. The van der Waals surface area contributed by atoms with Crippen LogP contribution < -0.4 is 4.74 Å². The fourth-order valence-electron chi connectivity index (χ4n) is 1.49. The van der Waals surface area contributed by atoms with Crippen molar-refractivity contribution in [1.82, 2.24) is 9.97 Å². The number of alkyl halides is 3. The van der Waals surface area contributed by atoms with Crippen molar-refractivity contribution < 1.29 is 23.0 Å². The van der Waals surface area contributed by atoms with Crippen LogP contribution in [0, 0.1) is 0 Å². The summed E-state index contributed by atoms with van der Waals surface area (Å²) in [5, 5.41) is 8.92. The van der Waals surface area contributed by atoms with Crippen LogP contribution in [0.25, 0.3) is 0 Å². The van der Waals surface area contributed by atoms with Gasteiger partial charge in [0, 0.05) is 0 Å². The van der Waals surface area contributed by atoms with E-state index < -0.39 is 24.5 Å². The summed E-state index contributed by atoms with van der Waals surface area (Å²) in [5.74, 6) is 0. The molecule has 0 unspecified atom stereocenters. The van der Waals surface area contributed by atoms with Crippen molar-refractivity contribution in [2.24, 2.45) is 0 Å². The molecule has 0 atom stereocenters. The molecule has 1 heterocycles. The second kappa shape index (κ2) is 5.87. The number of aromatic nitrogens is 2. The van der Waals surface area contributed by atoms with Gasteiger partial charge < -0.3 is 9.84 Å². The summed E-state index contributed by atoms with van der Waals surface area (Å²) in [7, 11) is 0. The molecule has 0 saturated carbocycles. The fourth-order valence-corrected chi connectivity index (χ4v) is 1.49. The Morgan fingerprint density at radius 1 is 1.10 bits per heavy atom. The first kappa shape index (κ1) is 14.3. The van der Waals surface area contributed by atoms with Crippen LogP contribution >= 0.6 is 0 Å². The van der Waals surface area contributed by atoms with E-state index in [-0.39, 0.29) is 12.3 Å². The summed E-state index contributed by atoms with van der Waals surface area (Å²) >= 11 is 0. The lowest BCUT2D eigenvalue weighted by Crippen LogP contribution is -2.12. The summed E-state index contributed by atoms with van der Waals surface area (Å²) in [6.45, 7) is -0.569. The Morgan fingerprint density at radius 3 is 2.40 bits per heavy atom. The number of halogens is 3. The largest absolute Gasteiger partial charge is 0.459 e. The van der Waals surface area contributed by atoms with Gasteiger partial charge in [-0.2, -0.15) is 23.1 Å². The minimum absolute atomic E-state index is 0.0486. The molecule has 1 N–H and O–H groups in total. The maximum absolute atomic E-state index is 12.6. The summed E-state index contributed by atoms with van der Waals surface area (Å²) in [5.41, 5.74) is -0.506. The van der Waals surface area contributed by atoms with E-state index in [1.54, 1.807) is 24.3 Å². The zero-order valence-electron chi connectivity index (χ0n) is 10.3. The van der Waals surface area contributed by atoms with Gasteiger partial charge in [-0.05, 0) is 11.6 Å². The van der Waals surface area contributed by atoms with Crippen LogP contribution in [0.4, 0.5) is 13.2 Å². The van der Waals surface area contributed by atoms with Gasteiger partial charge in [-0.3, -0.25) is 0 Å². The average Bonchev–Trinajstić information content (AvgIpc) is 2.45. The molecular formula is C13H11F3N2O2. The number of aliphatic hydroxyl groups is 1. The van der Waals surface area contributed by atoms with E-state index in [0.717, 1.165) is 5.56 Å². The molecule has 0 amide bonds. The normalized spacial score (nSPS) is 11.4. The molecule has 7 heteroatoms. The van der Waals surface area contributed by atoms with Crippen molar-refractivity contribution in [3.8, 4) is 6.01 Å². The van der Waals surface area contributed by atoms with Crippen LogP contribution in [-0.2, 0) is 19.4 Å². The minimum Gasteiger partial charge on any atom is -0.459 e. The molecule has 4 nitrogen and oxygen atoms in total. The number of ether oxygens (including phenoxy) is 1. The summed E-state index contributed by atoms with van der Waals surface area (Å²) < 4.78 is 43.0. The van der Waals surface area contributed by atoms with Gasteiger partial charge in [0.2, 0.25) is 0 Å². The number of aliphatic hydroxyl groups excluding tert-OH is 1. The van der Waals surface area contributed by atoms with Crippen LogP contribution in [0.2, 0.25) is 0 Å². The monoisotopic (exact) mass is 284 g/mol. The quantitative estimate of drug-likeness (QED) is 0.937. The zero-order valence-corrected chi connectivity index (χ0v) is 10.3. The number of hydrogen-bond donors (Lipinski definition) is 1. The van der Waals surface area contributed by atoms with E-state index in [1.165, 1.54) is 0 Å². The van der Waals surface area contributed by atoms with E-state index in [1.807, 2.05) is 6.07 Å². The Hall–Kier alpha value is -2.15. The molecule has 0 aliphatic rings. The van der Waals surface area contributed by atoms with Gasteiger partial charge in [0.05, 0.1) is 12.3 Å². The molecule has 1 aromatic heterocycles. The SMILES string of the molecule is OCc1cc(C(F)(F)F)nc(OCc2ccccc2)n1.